The second kappa shape index (κ2) is 5.26. The van der Waals surface area contributed by atoms with E-state index >= 15 is 0 Å². The van der Waals surface area contributed by atoms with Crippen LogP contribution >= 0.6 is 11.6 Å². The Morgan fingerprint density at radius 1 is 1.50 bits per heavy atom. The maximum Gasteiger partial charge on any atom is 0.239 e. The SMILES string of the molecule is CN(C)C1(CNc2nc(NN)ncc2Cl)CCC1. The van der Waals surface area contributed by atoms with Crippen molar-refractivity contribution in [2.45, 2.75) is 24.8 Å². The van der Waals surface area contributed by atoms with Crippen LogP contribution in [-0.2, 0) is 0 Å². The van der Waals surface area contributed by atoms with Crippen LogP contribution in [0, 0.1) is 0 Å². The van der Waals surface area contributed by atoms with Crippen molar-refractivity contribution in [3.8, 4) is 0 Å². The summed E-state index contributed by atoms with van der Waals surface area (Å²) in [6.45, 7) is 0.820. The standard InChI is InChI=1S/C11H19ClN6/c1-18(2)11(4-3-5-11)7-15-9-8(12)6-14-10(16-9)17-13/h6H,3-5,7,13H2,1-2H3,(H2,14,15,16,17). The maximum atomic E-state index is 6.05. The topological polar surface area (TPSA) is 79.1 Å². The fourth-order valence-corrected chi connectivity index (χ4v) is 2.33. The molecule has 0 unspecified atom stereocenters. The summed E-state index contributed by atoms with van der Waals surface area (Å²) < 4.78 is 0. The van der Waals surface area contributed by atoms with Crippen molar-refractivity contribution in [3.05, 3.63) is 11.2 Å². The number of nitrogens with two attached hydrogens (primary N) is 1. The molecule has 4 N–H and O–H groups in total. The number of nitrogen functional groups attached to an aromatic ring is 1. The van der Waals surface area contributed by atoms with Crippen molar-refractivity contribution in [3.63, 3.8) is 0 Å². The first-order valence-corrected chi connectivity index (χ1v) is 6.36. The highest BCUT2D eigenvalue weighted by Crippen LogP contribution is 2.36. The molecule has 1 aliphatic carbocycles. The molecule has 0 atom stereocenters. The third-order valence-electron chi connectivity index (χ3n) is 3.69. The summed E-state index contributed by atoms with van der Waals surface area (Å²) in [6, 6.07) is 0. The molecule has 100 valence electrons. The zero-order chi connectivity index (χ0) is 13.2. The second-order valence-electron chi connectivity index (χ2n) is 4.86. The fourth-order valence-electron chi connectivity index (χ4n) is 2.18. The van der Waals surface area contributed by atoms with Gasteiger partial charge in [0.15, 0.2) is 5.82 Å². The van der Waals surface area contributed by atoms with Crippen LogP contribution in [0.4, 0.5) is 11.8 Å². The van der Waals surface area contributed by atoms with Crippen molar-refractivity contribution in [1.29, 1.82) is 0 Å². The van der Waals surface area contributed by atoms with Crippen LogP contribution in [0.25, 0.3) is 0 Å². The molecule has 7 heteroatoms. The van der Waals surface area contributed by atoms with Crippen molar-refractivity contribution >= 4 is 23.4 Å². The molecule has 0 saturated heterocycles. The first-order chi connectivity index (χ1) is 8.57. The van der Waals surface area contributed by atoms with Gasteiger partial charge in [-0.1, -0.05) is 11.6 Å². The molecule has 1 heterocycles. The summed E-state index contributed by atoms with van der Waals surface area (Å²) in [5, 5.41) is 3.79. The van der Waals surface area contributed by atoms with Gasteiger partial charge in [0.2, 0.25) is 5.95 Å². The third-order valence-corrected chi connectivity index (χ3v) is 3.97. The predicted molar refractivity (Wildman–Crippen MR) is 73.6 cm³/mol. The molecule has 0 bridgehead atoms. The van der Waals surface area contributed by atoms with E-state index in [2.05, 4.69) is 39.7 Å². The highest BCUT2D eigenvalue weighted by molar-refractivity contribution is 6.32. The molecule has 1 saturated carbocycles. The van der Waals surface area contributed by atoms with E-state index in [1.807, 2.05) is 0 Å². The summed E-state index contributed by atoms with van der Waals surface area (Å²) in [5.41, 5.74) is 2.62. The van der Waals surface area contributed by atoms with E-state index in [1.54, 1.807) is 0 Å². The number of likely N-dealkylation sites (N-methyl/N-ethyl adjacent to an activating group) is 1. The highest BCUT2D eigenvalue weighted by Gasteiger charge is 2.38. The molecule has 0 spiro atoms. The average molecular weight is 271 g/mol. The molecule has 0 amide bonds. The number of halogens is 1. The largest absolute Gasteiger partial charge is 0.367 e. The number of hydrazine groups is 1. The van der Waals surface area contributed by atoms with E-state index in [4.69, 9.17) is 17.4 Å². The lowest BCUT2D eigenvalue weighted by atomic mass is 9.75. The van der Waals surface area contributed by atoms with Crippen molar-refractivity contribution in [2.75, 3.05) is 31.4 Å². The average Bonchev–Trinajstić information content (AvgIpc) is 2.29. The number of nitrogens with one attached hydrogen (secondary N) is 2. The fraction of sp³-hybridized carbons (Fsp3) is 0.636. The van der Waals surface area contributed by atoms with Crippen molar-refractivity contribution in [1.82, 2.24) is 14.9 Å². The predicted octanol–water partition coefficient (Wildman–Crippen LogP) is 1.31. The Morgan fingerprint density at radius 2 is 2.22 bits per heavy atom. The summed E-state index contributed by atoms with van der Waals surface area (Å²) in [7, 11) is 4.21. The molecule has 0 radical (unpaired) electrons. The summed E-state index contributed by atoms with van der Waals surface area (Å²) in [4.78, 5) is 10.4. The Bertz CT molecular complexity index is 418. The Hall–Kier alpha value is -1.11. The monoisotopic (exact) mass is 270 g/mol. The van der Waals surface area contributed by atoms with Crippen LogP contribution < -0.4 is 16.6 Å². The summed E-state index contributed by atoms with van der Waals surface area (Å²) >= 11 is 6.05. The number of anilines is 2. The molecule has 2 rings (SSSR count). The Morgan fingerprint density at radius 3 is 2.72 bits per heavy atom. The first-order valence-electron chi connectivity index (χ1n) is 5.98. The van der Waals surface area contributed by atoms with Crippen LogP contribution in [0.5, 0.6) is 0 Å². The number of hydrogen-bond acceptors (Lipinski definition) is 6. The van der Waals surface area contributed by atoms with Crippen LogP contribution in [-0.4, -0.2) is 41.0 Å². The van der Waals surface area contributed by atoms with E-state index in [0.29, 0.717) is 16.8 Å². The quantitative estimate of drug-likeness (QED) is 0.553. The number of nitrogens with zero attached hydrogens (tertiary/aromatic N) is 3. The molecule has 0 aromatic carbocycles. The van der Waals surface area contributed by atoms with E-state index in [9.17, 15) is 0 Å². The Kier molecular flexibility index (Phi) is 3.89. The maximum absolute atomic E-state index is 6.05. The minimum absolute atomic E-state index is 0.213. The van der Waals surface area contributed by atoms with Crippen molar-refractivity contribution in [2.24, 2.45) is 5.84 Å². The molecule has 1 aromatic rings. The van der Waals surface area contributed by atoms with Gasteiger partial charge in [0, 0.05) is 12.1 Å². The lowest BCUT2D eigenvalue weighted by molar-refractivity contribution is 0.0738. The summed E-state index contributed by atoms with van der Waals surface area (Å²) in [6.07, 6.45) is 5.19. The Labute approximate surface area is 112 Å². The van der Waals surface area contributed by atoms with Gasteiger partial charge in [0.25, 0.3) is 0 Å². The van der Waals surface area contributed by atoms with Gasteiger partial charge in [-0.05, 0) is 33.4 Å². The molecule has 1 aliphatic rings. The van der Waals surface area contributed by atoms with Crippen LogP contribution in [0.15, 0.2) is 6.20 Å². The van der Waals surface area contributed by atoms with Gasteiger partial charge in [0.05, 0.1) is 6.20 Å². The van der Waals surface area contributed by atoms with Gasteiger partial charge >= 0.3 is 0 Å². The molecule has 0 aliphatic heterocycles. The first kappa shape index (κ1) is 13.3. The van der Waals surface area contributed by atoms with Gasteiger partial charge in [-0.25, -0.2) is 10.8 Å². The second-order valence-corrected chi connectivity index (χ2v) is 5.27. The molecule has 1 fully saturated rings. The van der Waals surface area contributed by atoms with Gasteiger partial charge in [-0.2, -0.15) is 4.98 Å². The zero-order valence-corrected chi connectivity index (χ0v) is 11.5. The summed E-state index contributed by atoms with van der Waals surface area (Å²) in [5.74, 6) is 6.26. The van der Waals surface area contributed by atoms with Crippen molar-refractivity contribution < 1.29 is 0 Å². The van der Waals surface area contributed by atoms with Gasteiger partial charge in [-0.3, -0.25) is 5.43 Å². The molecule has 6 nitrogen and oxygen atoms in total. The van der Waals surface area contributed by atoms with Gasteiger partial charge < -0.3 is 10.2 Å². The number of aromatic nitrogens is 2. The highest BCUT2D eigenvalue weighted by atomic mass is 35.5. The zero-order valence-electron chi connectivity index (χ0n) is 10.7. The van der Waals surface area contributed by atoms with Crippen LogP contribution in [0.2, 0.25) is 5.02 Å². The Balaban J connectivity index is 2.05. The smallest absolute Gasteiger partial charge is 0.239 e. The minimum atomic E-state index is 0.213. The van der Waals surface area contributed by atoms with Gasteiger partial charge in [-0.15, -0.1) is 0 Å². The number of rotatable bonds is 5. The van der Waals surface area contributed by atoms with Gasteiger partial charge in [0.1, 0.15) is 5.02 Å². The molecular weight excluding hydrogens is 252 g/mol. The molecule has 18 heavy (non-hydrogen) atoms. The third kappa shape index (κ3) is 2.50. The lowest BCUT2D eigenvalue weighted by Gasteiger charge is -2.47. The number of hydrogen-bond donors (Lipinski definition) is 3. The van der Waals surface area contributed by atoms with Crippen LogP contribution in [0.3, 0.4) is 0 Å². The van der Waals surface area contributed by atoms with E-state index in [0.717, 1.165) is 6.54 Å². The van der Waals surface area contributed by atoms with E-state index in [1.165, 1.54) is 25.5 Å². The normalized spacial score (nSPS) is 17.4. The molecule has 1 aromatic heterocycles. The van der Waals surface area contributed by atoms with E-state index in [-0.39, 0.29) is 5.54 Å². The lowest BCUT2D eigenvalue weighted by Crippen LogP contribution is -2.54. The van der Waals surface area contributed by atoms with Crippen LogP contribution in [0.1, 0.15) is 19.3 Å². The van der Waals surface area contributed by atoms with E-state index < -0.39 is 0 Å². The minimum Gasteiger partial charge on any atom is -0.367 e. The molecular formula is C11H19ClN6.